The molecular formula is C28H39FN2O6. The van der Waals surface area contributed by atoms with E-state index in [1.807, 2.05) is 0 Å². The summed E-state index contributed by atoms with van der Waals surface area (Å²) in [5.74, 6) is -2.12. The quantitative estimate of drug-likeness (QED) is 0.476. The van der Waals surface area contributed by atoms with Crippen molar-refractivity contribution < 1.29 is 33.4 Å². The molecular weight excluding hydrogens is 479 g/mol. The van der Waals surface area contributed by atoms with Crippen LogP contribution in [0, 0.1) is 34.9 Å². The highest BCUT2D eigenvalue weighted by Crippen LogP contribution is 2.49. The summed E-state index contributed by atoms with van der Waals surface area (Å²) >= 11 is 0. The summed E-state index contributed by atoms with van der Waals surface area (Å²) in [6.45, 7) is 6.74. The van der Waals surface area contributed by atoms with Crippen LogP contribution in [0.5, 0.6) is 11.5 Å². The molecule has 2 bridgehead atoms. The van der Waals surface area contributed by atoms with Crippen molar-refractivity contribution >= 4 is 17.8 Å². The van der Waals surface area contributed by atoms with E-state index < -0.39 is 23.6 Å². The highest BCUT2D eigenvalue weighted by molar-refractivity contribution is 5.98. The predicted molar refractivity (Wildman–Crippen MR) is 135 cm³/mol. The third-order valence-corrected chi connectivity index (χ3v) is 8.13. The minimum absolute atomic E-state index is 0.0283. The van der Waals surface area contributed by atoms with Crippen molar-refractivity contribution in [3.63, 3.8) is 0 Å². The number of rotatable bonds is 8. The topological polar surface area (TPSA) is 114 Å². The third-order valence-electron chi connectivity index (χ3n) is 8.13. The zero-order valence-electron chi connectivity index (χ0n) is 22.1. The summed E-state index contributed by atoms with van der Waals surface area (Å²) in [7, 11) is 1.37. The number of halogens is 1. The maximum absolute atomic E-state index is 14.8. The first kappa shape index (κ1) is 27.2. The Morgan fingerprint density at radius 1 is 1.03 bits per heavy atom. The molecule has 2 amide bonds. The predicted octanol–water partition coefficient (Wildman–Crippen LogP) is 4.16. The molecule has 0 saturated heterocycles. The Labute approximate surface area is 217 Å². The van der Waals surface area contributed by atoms with Gasteiger partial charge in [0.05, 0.1) is 30.6 Å². The maximum Gasteiger partial charge on any atom is 0.306 e. The van der Waals surface area contributed by atoms with Crippen LogP contribution < -0.4 is 20.1 Å². The van der Waals surface area contributed by atoms with Gasteiger partial charge < -0.3 is 25.2 Å². The maximum atomic E-state index is 14.8. The molecule has 3 fully saturated rings. The van der Waals surface area contributed by atoms with E-state index in [2.05, 4.69) is 31.4 Å². The second-order valence-corrected chi connectivity index (χ2v) is 12.0. The SMILES string of the molecule is COc1cc(F)c(O[C@H]2CC[C@@H](C(=O)O)CC2)cc1C(=O)N[C@@H]1[C@H]2CC[C@H](C2)[C@@H]1C(=O)NCC(C)(C)C. The Morgan fingerprint density at radius 2 is 1.70 bits per heavy atom. The molecule has 37 heavy (non-hydrogen) atoms. The zero-order chi connectivity index (χ0) is 26.9. The molecule has 0 radical (unpaired) electrons. The Bertz CT molecular complexity index is 1030. The van der Waals surface area contributed by atoms with Crippen molar-refractivity contribution in [2.24, 2.45) is 29.1 Å². The monoisotopic (exact) mass is 518 g/mol. The largest absolute Gasteiger partial charge is 0.496 e. The lowest BCUT2D eigenvalue weighted by atomic mass is 9.83. The molecule has 3 aliphatic carbocycles. The molecule has 4 rings (SSSR count). The Hall–Kier alpha value is -2.84. The number of fused-ring (bicyclic) bond motifs is 2. The van der Waals surface area contributed by atoms with Gasteiger partial charge in [0.1, 0.15) is 5.75 Å². The van der Waals surface area contributed by atoms with Crippen LogP contribution in [0.2, 0.25) is 0 Å². The third kappa shape index (κ3) is 6.18. The van der Waals surface area contributed by atoms with E-state index in [1.54, 1.807) is 0 Å². The lowest BCUT2D eigenvalue weighted by Crippen LogP contribution is -2.50. The van der Waals surface area contributed by atoms with Gasteiger partial charge in [-0.05, 0) is 68.3 Å². The fourth-order valence-corrected chi connectivity index (χ4v) is 6.15. The number of carbonyl (C=O) groups is 3. The number of hydrogen-bond acceptors (Lipinski definition) is 5. The van der Waals surface area contributed by atoms with Crippen LogP contribution in [0.4, 0.5) is 4.39 Å². The minimum atomic E-state index is -0.820. The molecule has 0 unspecified atom stereocenters. The lowest BCUT2D eigenvalue weighted by molar-refractivity contribution is -0.143. The minimum Gasteiger partial charge on any atom is -0.496 e. The van der Waals surface area contributed by atoms with Crippen LogP contribution in [0.15, 0.2) is 12.1 Å². The van der Waals surface area contributed by atoms with E-state index in [4.69, 9.17) is 9.47 Å². The van der Waals surface area contributed by atoms with E-state index in [1.165, 1.54) is 13.2 Å². The molecule has 0 aliphatic heterocycles. The number of methoxy groups -OCH3 is 1. The first-order valence-electron chi connectivity index (χ1n) is 13.3. The lowest BCUT2D eigenvalue weighted by Gasteiger charge is -2.32. The van der Waals surface area contributed by atoms with E-state index in [9.17, 15) is 23.9 Å². The number of nitrogens with one attached hydrogen (secondary N) is 2. The van der Waals surface area contributed by atoms with E-state index in [-0.39, 0.29) is 58.3 Å². The highest BCUT2D eigenvalue weighted by Gasteiger charge is 2.51. The molecule has 204 valence electrons. The van der Waals surface area contributed by atoms with Gasteiger partial charge in [0.25, 0.3) is 5.91 Å². The first-order chi connectivity index (χ1) is 17.5. The van der Waals surface area contributed by atoms with E-state index >= 15 is 0 Å². The molecule has 8 nitrogen and oxygen atoms in total. The average molecular weight is 519 g/mol. The molecule has 0 heterocycles. The average Bonchev–Trinajstić information content (AvgIpc) is 3.45. The van der Waals surface area contributed by atoms with Gasteiger partial charge in [0, 0.05) is 18.7 Å². The standard InChI is InChI=1S/C28H39FN2O6/c1-28(2,3)14-30-26(33)23-16-5-6-17(11-16)24(23)31-25(32)19-12-22(20(29)13-21(19)36-4)37-18-9-7-15(8-10-18)27(34)35/h12-13,15-18,23-24H,5-11,14H2,1-4H3,(H,30,33)(H,31,32)(H,34,35)/t15-,16-,17+,18+,23+,24-/m1/s1. The number of amides is 2. The number of carboxylic acids is 1. The van der Waals surface area contributed by atoms with Crippen LogP contribution in [0.1, 0.15) is 76.1 Å². The van der Waals surface area contributed by atoms with Gasteiger partial charge in [0.15, 0.2) is 11.6 Å². The van der Waals surface area contributed by atoms with Gasteiger partial charge in [-0.15, -0.1) is 0 Å². The van der Waals surface area contributed by atoms with Gasteiger partial charge in [-0.3, -0.25) is 14.4 Å². The molecule has 1 aromatic carbocycles. The first-order valence-corrected chi connectivity index (χ1v) is 13.3. The Kier molecular flexibility index (Phi) is 7.99. The summed E-state index contributed by atoms with van der Waals surface area (Å²) in [5.41, 5.74) is 0.103. The number of benzene rings is 1. The summed E-state index contributed by atoms with van der Waals surface area (Å²) in [4.78, 5) is 37.8. The van der Waals surface area contributed by atoms with Crippen LogP contribution in [0.3, 0.4) is 0 Å². The van der Waals surface area contributed by atoms with Crippen molar-refractivity contribution in [3.8, 4) is 11.5 Å². The summed E-state index contributed by atoms with van der Waals surface area (Å²) in [5, 5.41) is 15.3. The van der Waals surface area contributed by atoms with Crippen molar-refractivity contribution in [2.45, 2.75) is 77.9 Å². The van der Waals surface area contributed by atoms with Gasteiger partial charge in [-0.25, -0.2) is 4.39 Å². The second kappa shape index (κ2) is 10.9. The molecule has 3 saturated carbocycles. The number of carbonyl (C=O) groups excluding carboxylic acids is 2. The summed E-state index contributed by atoms with van der Waals surface area (Å²) in [6.07, 6.45) is 4.46. The summed E-state index contributed by atoms with van der Waals surface area (Å²) in [6, 6.07) is 2.20. The molecule has 3 aliphatic rings. The molecule has 9 heteroatoms. The molecule has 1 aromatic rings. The molecule has 0 spiro atoms. The van der Waals surface area contributed by atoms with Gasteiger partial charge in [-0.1, -0.05) is 20.8 Å². The van der Waals surface area contributed by atoms with Crippen molar-refractivity contribution in [1.29, 1.82) is 0 Å². The Balaban J connectivity index is 1.48. The van der Waals surface area contributed by atoms with Crippen molar-refractivity contribution in [2.75, 3.05) is 13.7 Å². The number of ether oxygens (including phenoxy) is 2. The number of aliphatic carboxylic acids is 1. The van der Waals surface area contributed by atoms with Gasteiger partial charge in [0.2, 0.25) is 5.91 Å². The molecule has 0 aromatic heterocycles. The van der Waals surface area contributed by atoms with Crippen molar-refractivity contribution in [3.05, 3.63) is 23.5 Å². The normalized spacial score (nSPS) is 29.0. The number of hydrogen-bond donors (Lipinski definition) is 3. The molecule has 3 N–H and O–H groups in total. The van der Waals surface area contributed by atoms with Crippen LogP contribution >= 0.6 is 0 Å². The smallest absolute Gasteiger partial charge is 0.306 e. The van der Waals surface area contributed by atoms with Crippen LogP contribution in [-0.4, -0.2) is 48.7 Å². The van der Waals surface area contributed by atoms with E-state index in [0.717, 1.165) is 25.3 Å². The fraction of sp³-hybridized carbons (Fsp3) is 0.679. The van der Waals surface area contributed by atoms with Crippen molar-refractivity contribution in [1.82, 2.24) is 10.6 Å². The van der Waals surface area contributed by atoms with Crippen LogP contribution in [0.25, 0.3) is 0 Å². The molecule has 4 atom stereocenters. The fourth-order valence-electron chi connectivity index (χ4n) is 6.15. The second-order valence-electron chi connectivity index (χ2n) is 12.0. The van der Waals surface area contributed by atoms with Gasteiger partial charge >= 0.3 is 5.97 Å². The van der Waals surface area contributed by atoms with Gasteiger partial charge in [-0.2, -0.15) is 0 Å². The van der Waals surface area contributed by atoms with Crippen LogP contribution in [-0.2, 0) is 9.59 Å². The Morgan fingerprint density at radius 3 is 2.32 bits per heavy atom. The number of carboxylic acid groups (broad SMARTS) is 1. The summed E-state index contributed by atoms with van der Waals surface area (Å²) < 4.78 is 26.0. The van der Waals surface area contributed by atoms with E-state index in [0.29, 0.717) is 32.2 Å². The highest BCUT2D eigenvalue weighted by atomic mass is 19.1. The zero-order valence-corrected chi connectivity index (χ0v) is 22.1.